The normalized spacial score (nSPS) is 22.1. The van der Waals surface area contributed by atoms with E-state index in [0.29, 0.717) is 17.7 Å². The lowest BCUT2D eigenvalue weighted by Gasteiger charge is -2.19. The summed E-state index contributed by atoms with van der Waals surface area (Å²) in [7, 11) is -3.91. The van der Waals surface area contributed by atoms with Crippen LogP contribution in [0.1, 0.15) is 23.7 Å². The van der Waals surface area contributed by atoms with Gasteiger partial charge in [-0.25, -0.2) is 39.5 Å². The molecule has 1 saturated heterocycles. The third-order valence-electron chi connectivity index (χ3n) is 5.56. The van der Waals surface area contributed by atoms with Gasteiger partial charge in [0.2, 0.25) is 10.0 Å². The molecule has 184 valence electrons. The van der Waals surface area contributed by atoms with E-state index >= 15 is 4.39 Å². The van der Waals surface area contributed by atoms with E-state index < -0.39 is 70.0 Å². The topological polar surface area (TPSA) is 71.0 Å². The summed E-state index contributed by atoms with van der Waals surface area (Å²) in [6.45, 7) is 0.216. The summed E-state index contributed by atoms with van der Waals surface area (Å²) < 4.78 is 111. The minimum Gasteiger partial charge on any atom is -0.386 e. The van der Waals surface area contributed by atoms with E-state index in [9.17, 15) is 30.4 Å². The van der Waals surface area contributed by atoms with Crippen molar-refractivity contribution in [1.82, 2.24) is 9.62 Å². The van der Waals surface area contributed by atoms with Crippen LogP contribution in [0.5, 0.6) is 0 Å². The SMILES string of the molecule is Cc1cc(F)c(C2CC(N3C[C@@H](NS(C)(=O)=O)C(F)(F)C3)=NO2)c(-c2c(F)cc(F)cc2F)c1. The molecule has 1 N–H and O–H groups in total. The van der Waals surface area contributed by atoms with Crippen LogP contribution in [0, 0.1) is 30.2 Å². The number of likely N-dealkylation sites (tertiary alicyclic amines) is 1. The maximum absolute atomic E-state index is 15.0. The highest BCUT2D eigenvalue weighted by Gasteiger charge is 2.51. The van der Waals surface area contributed by atoms with E-state index in [4.69, 9.17) is 4.84 Å². The Kier molecular flexibility index (Phi) is 6.05. The molecule has 0 spiro atoms. The summed E-state index contributed by atoms with van der Waals surface area (Å²) in [4.78, 5) is 6.36. The number of hydrogen-bond donors (Lipinski definition) is 1. The molecule has 2 aromatic rings. The number of benzene rings is 2. The largest absolute Gasteiger partial charge is 0.386 e. The lowest BCUT2D eigenvalue weighted by Crippen LogP contribution is -2.46. The van der Waals surface area contributed by atoms with Gasteiger partial charge >= 0.3 is 0 Å². The number of nitrogens with zero attached hydrogens (tertiary/aromatic N) is 2. The maximum atomic E-state index is 15.0. The van der Waals surface area contributed by atoms with E-state index in [0.717, 1.165) is 17.2 Å². The highest BCUT2D eigenvalue weighted by molar-refractivity contribution is 7.88. The molecule has 2 atom stereocenters. The first-order valence-corrected chi connectivity index (χ1v) is 11.9. The molecule has 1 unspecified atom stereocenters. The van der Waals surface area contributed by atoms with Gasteiger partial charge in [-0.2, -0.15) is 0 Å². The number of oxime groups is 1. The third kappa shape index (κ3) is 4.71. The molecule has 2 heterocycles. The van der Waals surface area contributed by atoms with E-state index in [1.165, 1.54) is 13.0 Å². The molecule has 0 aliphatic carbocycles. The van der Waals surface area contributed by atoms with Crippen molar-refractivity contribution >= 4 is 15.9 Å². The van der Waals surface area contributed by atoms with E-state index in [1.807, 2.05) is 4.72 Å². The Hall–Kier alpha value is -2.80. The fourth-order valence-corrected chi connectivity index (χ4v) is 4.92. The number of sulfonamides is 1. The predicted octanol–water partition coefficient (Wildman–Crippen LogP) is 3.86. The van der Waals surface area contributed by atoms with Gasteiger partial charge in [0, 0.05) is 24.2 Å². The van der Waals surface area contributed by atoms with Crippen LogP contribution in [-0.2, 0) is 14.9 Å². The minimum atomic E-state index is -3.91. The van der Waals surface area contributed by atoms with Crippen molar-refractivity contribution in [2.24, 2.45) is 5.16 Å². The molecule has 0 aromatic heterocycles. The van der Waals surface area contributed by atoms with E-state index in [2.05, 4.69) is 5.16 Å². The average Bonchev–Trinajstić information content (AvgIpc) is 3.24. The molecule has 2 aliphatic rings. The van der Waals surface area contributed by atoms with Crippen molar-refractivity contribution in [2.45, 2.75) is 31.4 Å². The lowest BCUT2D eigenvalue weighted by atomic mass is 9.91. The van der Waals surface area contributed by atoms with Gasteiger partial charge in [0.1, 0.15) is 35.1 Å². The molecule has 2 aromatic carbocycles. The van der Waals surface area contributed by atoms with Crippen molar-refractivity contribution in [3.8, 4) is 11.1 Å². The van der Waals surface area contributed by atoms with E-state index in [-0.39, 0.29) is 23.4 Å². The minimum absolute atomic E-state index is 0.00606. The Bertz CT molecular complexity index is 1260. The van der Waals surface area contributed by atoms with Crippen LogP contribution in [-0.4, -0.2) is 50.5 Å². The summed E-state index contributed by atoms with van der Waals surface area (Å²) >= 11 is 0. The van der Waals surface area contributed by atoms with Gasteiger partial charge in [-0.15, -0.1) is 0 Å². The highest BCUT2D eigenvalue weighted by Crippen LogP contribution is 2.41. The van der Waals surface area contributed by atoms with Crippen molar-refractivity contribution in [2.75, 3.05) is 19.3 Å². The van der Waals surface area contributed by atoms with Crippen LogP contribution in [0.4, 0.5) is 26.3 Å². The first-order valence-electron chi connectivity index (χ1n) is 10.0. The fraction of sp³-hybridized carbons (Fsp3) is 0.381. The van der Waals surface area contributed by atoms with Crippen molar-refractivity contribution in [3.05, 3.63) is 58.7 Å². The number of hydrogen-bond acceptors (Lipinski definition) is 5. The second kappa shape index (κ2) is 8.45. The van der Waals surface area contributed by atoms with E-state index in [1.54, 1.807) is 0 Å². The number of aryl methyl sites for hydroxylation is 1. The Morgan fingerprint density at radius 1 is 1.09 bits per heavy atom. The van der Waals surface area contributed by atoms with Gasteiger partial charge in [-0.05, 0) is 24.1 Å². The summed E-state index contributed by atoms with van der Waals surface area (Å²) in [6, 6.07) is 1.62. The van der Waals surface area contributed by atoms with Crippen LogP contribution in [0.15, 0.2) is 29.4 Å². The standard InChI is InChI=1S/C21H19F6N3O3S/c1-10-3-12(19-14(24)5-11(22)6-15(19)25)20(13(23)4-10)16-7-18(28-33-16)30-8-17(21(26,27)9-30)29-34(2,31)32/h3-6,16-17,29H,7-9H2,1-2H3/t16?,17-/m1/s1. The van der Waals surface area contributed by atoms with Crippen LogP contribution in [0.3, 0.4) is 0 Å². The molecule has 6 nitrogen and oxygen atoms in total. The van der Waals surface area contributed by atoms with Crippen LogP contribution >= 0.6 is 0 Å². The fourth-order valence-electron chi connectivity index (χ4n) is 4.16. The van der Waals surface area contributed by atoms with Crippen molar-refractivity contribution in [3.63, 3.8) is 0 Å². The third-order valence-corrected chi connectivity index (χ3v) is 6.27. The summed E-state index contributed by atoms with van der Waals surface area (Å²) in [5.41, 5.74) is -0.837. The maximum Gasteiger partial charge on any atom is 0.282 e. The number of alkyl halides is 2. The molecular weight excluding hydrogens is 488 g/mol. The molecule has 34 heavy (non-hydrogen) atoms. The quantitative estimate of drug-likeness (QED) is 0.639. The number of nitrogens with one attached hydrogen (secondary N) is 1. The van der Waals surface area contributed by atoms with Crippen LogP contribution in [0.25, 0.3) is 11.1 Å². The number of halogens is 6. The van der Waals surface area contributed by atoms with Crippen LogP contribution < -0.4 is 4.72 Å². The summed E-state index contributed by atoms with van der Waals surface area (Å²) in [5.74, 6) is -7.95. The molecule has 1 fully saturated rings. The van der Waals surface area contributed by atoms with Gasteiger partial charge in [-0.3, -0.25) is 0 Å². The molecule has 0 amide bonds. The molecule has 0 radical (unpaired) electrons. The lowest BCUT2D eigenvalue weighted by molar-refractivity contribution is -0.00123. The van der Waals surface area contributed by atoms with Crippen LogP contribution in [0.2, 0.25) is 0 Å². The highest BCUT2D eigenvalue weighted by atomic mass is 32.2. The second-order valence-corrected chi connectivity index (χ2v) is 10.1. The molecule has 0 bridgehead atoms. The molecule has 0 saturated carbocycles. The summed E-state index contributed by atoms with van der Waals surface area (Å²) in [6.07, 6.45) is -0.683. The average molecular weight is 507 g/mol. The predicted molar refractivity (Wildman–Crippen MR) is 111 cm³/mol. The second-order valence-electron chi connectivity index (χ2n) is 8.34. The monoisotopic (exact) mass is 507 g/mol. The van der Waals surface area contributed by atoms with Gasteiger partial charge in [-0.1, -0.05) is 11.2 Å². The number of amidine groups is 1. The zero-order chi connectivity index (χ0) is 25.0. The smallest absolute Gasteiger partial charge is 0.282 e. The summed E-state index contributed by atoms with van der Waals surface area (Å²) in [5, 5.41) is 3.75. The van der Waals surface area contributed by atoms with Gasteiger partial charge in [0.15, 0.2) is 6.10 Å². The molecule has 2 aliphatic heterocycles. The molecule has 13 heteroatoms. The Labute approximate surface area is 191 Å². The number of rotatable bonds is 4. The first kappa shape index (κ1) is 24.3. The molecule has 4 rings (SSSR count). The van der Waals surface area contributed by atoms with Crippen molar-refractivity contribution < 1.29 is 39.6 Å². The zero-order valence-electron chi connectivity index (χ0n) is 17.9. The zero-order valence-corrected chi connectivity index (χ0v) is 18.7. The van der Waals surface area contributed by atoms with Gasteiger partial charge in [0.05, 0.1) is 24.8 Å². The molecular formula is C21H19F6N3O3S. The Morgan fingerprint density at radius 3 is 2.35 bits per heavy atom. The Balaban J connectivity index is 1.64. The van der Waals surface area contributed by atoms with Gasteiger partial charge < -0.3 is 9.74 Å². The first-order chi connectivity index (χ1) is 15.7. The van der Waals surface area contributed by atoms with Crippen molar-refractivity contribution in [1.29, 1.82) is 0 Å². The Morgan fingerprint density at radius 2 is 1.74 bits per heavy atom. The van der Waals surface area contributed by atoms with Gasteiger partial charge in [0.25, 0.3) is 5.92 Å².